The van der Waals surface area contributed by atoms with E-state index in [0.717, 1.165) is 0 Å². The Hall–Kier alpha value is -0.370. The molecule has 1 unspecified atom stereocenters. The maximum absolute atomic E-state index is 11.0. The first-order chi connectivity index (χ1) is 8.38. The molecule has 0 fully saturated rings. The van der Waals surface area contributed by atoms with Gasteiger partial charge in [0, 0.05) is 11.0 Å². The number of anilines is 1. The van der Waals surface area contributed by atoms with Crippen molar-refractivity contribution in [2.75, 3.05) is 17.7 Å². The molecule has 18 heavy (non-hydrogen) atoms. The monoisotopic (exact) mass is 400 g/mol. The van der Waals surface area contributed by atoms with Crippen LogP contribution in [-0.2, 0) is 0 Å². The van der Waals surface area contributed by atoms with Crippen LogP contribution in [0.1, 0.15) is 5.56 Å². The Morgan fingerprint density at radius 3 is 2.67 bits per heavy atom. The highest BCUT2D eigenvalue weighted by Gasteiger charge is 2.21. The highest BCUT2D eigenvalue weighted by Crippen LogP contribution is 2.38. The van der Waals surface area contributed by atoms with Crippen molar-refractivity contribution >= 4 is 54.8 Å². The van der Waals surface area contributed by atoms with Crippen molar-refractivity contribution in [3.05, 3.63) is 30.7 Å². The summed E-state index contributed by atoms with van der Waals surface area (Å²) in [4.78, 5) is 10.5. The molecule has 1 aromatic carbocycles. The molecule has 0 saturated carbocycles. The number of hydrogen-bond donors (Lipinski definition) is 2. The van der Waals surface area contributed by atoms with Gasteiger partial charge in [0.05, 0.1) is 32.6 Å². The highest BCUT2D eigenvalue weighted by molar-refractivity contribution is 9.11. The molecule has 0 aliphatic carbocycles. The van der Waals surface area contributed by atoms with Crippen LogP contribution < -0.4 is 5.32 Å². The van der Waals surface area contributed by atoms with Crippen molar-refractivity contribution in [2.45, 2.75) is 13.0 Å². The third-order valence-electron chi connectivity index (χ3n) is 2.32. The van der Waals surface area contributed by atoms with Crippen LogP contribution >= 0.6 is 43.5 Å². The molecule has 1 rings (SSSR count). The summed E-state index contributed by atoms with van der Waals surface area (Å²) < 4.78 is 1.08. The van der Waals surface area contributed by atoms with Gasteiger partial charge in [0.1, 0.15) is 0 Å². The lowest BCUT2D eigenvalue weighted by atomic mass is 10.1. The van der Waals surface area contributed by atoms with E-state index < -0.39 is 11.0 Å². The number of rotatable bonds is 5. The van der Waals surface area contributed by atoms with Crippen LogP contribution in [0.4, 0.5) is 11.4 Å². The number of aliphatic hydroxyl groups is 1. The second kappa shape index (κ2) is 6.70. The lowest BCUT2D eigenvalue weighted by Gasteiger charge is -2.14. The lowest BCUT2D eigenvalue weighted by molar-refractivity contribution is -0.386. The van der Waals surface area contributed by atoms with Crippen molar-refractivity contribution in [3.8, 4) is 0 Å². The fourth-order valence-electron chi connectivity index (χ4n) is 1.44. The van der Waals surface area contributed by atoms with Crippen LogP contribution in [0.2, 0.25) is 0 Å². The number of nitro groups is 1. The molecule has 1 atom stereocenters. The predicted octanol–water partition coefficient (Wildman–Crippen LogP) is 3.44. The Balaban J connectivity index is 3.11. The molecule has 0 saturated heterocycles. The molecule has 100 valence electrons. The Bertz CT molecular complexity index is 471. The number of hydrogen-bond acceptors (Lipinski definition) is 4. The summed E-state index contributed by atoms with van der Waals surface area (Å²) in [5.74, 6) is 0.0995. The summed E-state index contributed by atoms with van der Waals surface area (Å²) in [6, 6.07) is 1.60. The first kappa shape index (κ1) is 15.7. The van der Waals surface area contributed by atoms with Gasteiger partial charge in [-0.15, -0.1) is 11.6 Å². The second-order valence-corrected chi connectivity index (χ2v) is 5.65. The summed E-state index contributed by atoms with van der Waals surface area (Å²) in [6.07, 6.45) is -0.708. The van der Waals surface area contributed by atoms with Gasteiger partial charge in [-0.05, 0) is 44.8 Å². The zero-order chi connectivity index (χ0) is 13.9. The van der Waals surface area contributed by atoms with Gasteiger partial charge >= 0.3 is 0 Å². The number of alkyl halides is 1. The number of halogens is 3. The number of nitrogens with one attached hydrogen (secondary N) is 1. The van der Waals surface area contributed by atoms with Crippen LogP contribution in [-0.4, -0.2) is 28.6 Å². The topological polar surface area (TPSA) is 75.4 Å². The van der Waals surface area contributed by atoms with E-state index >= 15 is 0 Å². The molecule has 1 aromatic rings. The van der Waals surface area contributed by atoms with Crippen LogP contribution in [0.25, 0.3) is 0 Å². The summed E-state index contributed by atoms with van der Waals surface area (Å²) in [5.41, 5.74) is 1.07. The molecular formula is C10H11Br2ClN2O3. The molecule has 0 heterocycles. The number of aliphatic hydroxyl groups excluding tert-OH is 1. The van der Waals surface area contributed by atoms with Crippen LogP contribution in [0.3, 0.4) is 0 Å². The van der Waals surface area contributed by atoms with E-state index in [-0.39, 0.29) is 18.1 Å². The summed E-state index contributed by atoms with van der Waals surface area (Å²) in [6.45, 7) is 1.87. The minimum atomic E-state index is -0.708. The Morgan fingerprint density at radius 1 is 1.56 bits per heavy atom. The molecule has 2 N–H and O–H groups in total. The van der Waals surface area contributed by atoms with Crippen molar-refractivity contribution in [3.63, 3.8) is 0 Å². The van der Waals surface area contributed by atoms with Gasteiger partial charge in [0.25, 0.3) is 5.69 Å². The summed E-state index contributed by atoms with van der Waals surface area (Å²) in [7, 11) is 0. The van der Waals surface area contributed by atoms with Gasteiger partial charge in [-0.25, -0.2) is 0 Å². The first-order valence-electron chi connectivity index (χ1n) is 4.99. The molecule has 0 spiro atoms. The number of benzene rings is 1. The maximum atomic E-state index is 11.0. The lowest BCUT2D eigenvalue weighted by Crippen LogP contribution is -2.21. The van der Waals surface area contributed by atoms with E-state index in [9.17, 15) is 15.2 Å². The minimum Gasteiger partial charge on any atom is -0.390 e. The number of nitro benzene ring substituents is 1. The van der Waals surface area contributed by atoms with Crippen molar-refractivity contribution in [2.24, 2.45) is 0 Å². The normalized spacial score (nSPS) is 12.3. The average Bonchev–Trinajstić information content (AvgIpc) is 2.27. The minimum absolute atomic E-state index is 0.000985. The quantitative estimate of drug-likeness (QED) is 0.449. The third kappa shape index (κ3) is 3.57. The largest absolute Gasteiger partial charge is 0.390 e. The Labute approximate surface area is 126 Å². The van der Waals surface area contributed by atoms with Crippen LogP contribution in [0, 0.1) is 17.0 Å². The van der Waals surface area contributed by atoms with Gasteiger partial charge in [0.2, 0.25) is 0 Å². The van der Waals surface area contributed by atoms with Gasteiger partial charge in [-0.2, -0.15) is 0 Å². The van der Waals surface area contributed by atoms with Crippen molar-refractivity contribution < 1.29 is 10.0 Å². The standard InChI is InChI=1S/C10H11Br2ClN2O3/c1-5-9(14-4-6(16)3-13)7(11)2-8(12)10(5)15(17)18/h2,6,14,16H,3-4H2,1H3. The zero-order valence-electron chi connectivity index (χ0n) is 9.41. The molecule has 5 nitrogen and oxygen atoms in total. The van der Waals surface area contributed by atoms with E-state index in [1.54, 1.807) is 13.0 Å². The third-order valence-corrected chi connectivity index (χ3v) is 3.91. The van der Waals surface area contributed by atoms with Crippen molar-refractivity contribution in [1.82, 2.24) is 0 Å². The molecule has 8 heteroatoms. The van der Waals surface area contributed by atoms with E-state index in [1.807, 2.05) is 0 Å². The summed E-state index contributed by atoms with van der Waals surface area (Å²) >= 11 is 12.0. The molecule has 0 bridgehead atoms. The fourth-order valence-corrected chi connectivity index (χ4v) is 3.20. The van der Waals surface area contributed by atoms with Gasteiger partial charge in [-0.3, -0.25) is 10.1 Å². The van der Waals surface area contributed by atoms with E-state index in [1.165, 1.54) is 0 Å². The maximum Gasteiger partial charge on any atom is 0.288 e. The van der Waals surface area contributed by atoms with Gasteiger partial charge in [-0.1, -0.05) is 0 Å². The molecule has 0 aliphatic rings. The van der Waals surface area contributed by atoms with E-state index in [4.69, 9.17) is 11.6 Å². The molecular weight excluding hydrogens is 391 g/mol. The van der Waals surface area contributed by atoms with Gasteiger partial charge in [0.15, 0.2) is 0 Å². The summed E-state index contributed by atoms with van der Waals surface area (Å²) in [5, 5.41) is 23.3. The van der Waals surface area contributed by atoms with Gasteiger partial charge < -0.3 is 10.4 Å². The van der Waals surface area contributed by atoms with Crippen LogP contribution in [0.15, 0.2) is 15.0 Å². The molecule has 0 aromatic heterocycles. The van der Waals surface area contributed by atoms with E-state index in [0.29, 0.717) is 20.2 Å². The predicted molar refractivity (Wildman–Crippen MR) is 78.4 cm³/mol. The van der Waals surface area contributed by atoms with Crippen LogP contribution in [0.5, 0.6) is 0 Å². The molecule has 0 aliphatic heterocycles. The average molecular weight is 402 g/mol. The highest BCUT2D eigenvalue weighted by atomic mass is 79.9. The molecule has 0 radical (unpaired) electrons. The molecule has 0 amide bonds. The van der Waals surface area contributed by atoms with Crippen molar-refractivity contribution in [1.29, 1.82) is 0 Å². The smallest absolute Gasteiger partial charge is 0.288 e. The fraction of sp³-hybridized carbons (Fsp3) is 0.400. The second-order valence-electron chi connectivity index (χ2n) is 3.63. The van der Waals surface area contributed by atoms with E-state index in [2.05, 4.69) is 37.2 Å². The Morgan fingerprint density at radius 2 is 2.17 bits per heavy atom. The Kier molecular flexibility index (Phi) is 5.84. The SMILES string of the molecule is Cc1c(NCC(O)CCl)c(Br)cc(Br)c1[N+](=O)[O-]. The zero-order valence-corrected chi connectivity index (χ0v) is 13.3. The first-order valence-corrected chi connectivity index (χ1v) is 7.11. The number of nitrogens with zero attached hydrogens (tertiary/aromatic N) is 1.